The van der Waals surface area contributed by atoms with Gasteiger partial charge in [0.25, 0.3) is 0 Å². The summed E-state index contributed by atoms with van der Waals surface area (Å²) in [5.41, 5.74) is 0. The minimum atomic E-state index is 0.738. The Labute approximate surface area is 180 Å². The highest BCUT2D eigenvalue weighted by molar-refractivity contribution is 4.87. The van der Waals surface area contributed by atoms with Gasteiger partial charge in [-0.15, -0.1) is 0 Å². The van der Waals surface area contributed by atoms with Crippen LogP contribution in [0.5, 0.6) is 0 Å². The van der Waals surface area contributed by atoms with Crippen LogP contribution in [0.15, 0.2) is 12.2 Å². The van der Waals surface area contributed by atoms with Gasteiger partial charge in [0.05, 0.1) is 0 Å². The van der Waals surface area contributed by atoms with Crippen molar-refractivity contribution in [1.82, 2.24) is 0 Å². The lowest BCUT2D eigenvalue weighted by Gasteiger charge is -2.21. The van der Waals surface area contributed by atoms with Crippen molar-refractivity contribution in [2.24, 2.45) is 35.5 Å². The monoisotopic (exact) mass is 392 g/mol. The fraction of sp³-hybridized carbons (Fsp3) is 0.929. The summed E-state index contributed by atoms with van der Waals surface area (Å²) in [5, 5.41) is 0. The van der Waals surface area contributed by atoms with Crippen LogP contribution in [0.1, 0.15) is 132 Å². The van der Waals surface area contributed by atoms with Crippen LogP contribution in [-0.4, -0.2) is 0 Å². The second kappa shape index (κ2) is 17.6. The lowest BCUT2D eigenvalue weighted by atomic mass is 9.84. The first kappa shape index (κ1) is 27.7. The van der Waals surface area contributed by atoms with Gasteiger partial charge in [-0.05, 0) is 74.0 Å². The average molecular weight is 393 g/mol. The first-order valence-electron chi connectivity index (χ1n) is 12.9. The maximum absolute atomic E-state index is 2.50. The van der Waals surface area contributed by atoms with E-state index in [4.69, 9.17) is 0 Å². The maximum Gasteiger partial charge on any atom is -0.0259 e. The molecule has 0 aliphatic rings. The minimum absolute atomic E-state index is 0.738. The highest BCUT2D eigenvalue weighted by Crippen LogP contribution is 2.26. The SMILES string of the molecule is CCCC[C@H](C)C[C@H](C)CCC/C=C/C(C)C[C@H](C)C[C@H](C)C[C@H](C)CCC. The largest absolute Gasteiger partial charge is 0.0883 e. The minimum Gasteiger partial charge on any atom is -0.0883 e. The Morgan fingerprint density at radius 3 is 1.64 bits per heavy atom. The summed E-state index contributed by atoms with van der Waals surface area (Å²) in [6.45, 7) is 19.3. The van der Waals surface area contributed by atoms with E-state index in [2.05, 4.69) is 67.5 Å². The lowest BCUT2D eigenvalue weighted by molar-refractivity contribution is 0.312. The van der Waals surface area contributed by atoms with Gasteiger partial charge in [-0.1, -0.05) is 106 Å². The molecule has 0 nitrogen and oxygen atoms in total. The summed E-state index contributed by atoms with van der Waals surface area (Å²) in [5.74, 6) is 5.19. The van der Waals surface area contributed by atoms with E-state index in [0.717, 1.165) is 35.5 Å². The van der Waals surface area contributed by atoms with Crippen LogP contribution < -0.4 is 0 Å². The molecule has 0 aliphatic heterocycles. The summed E-state index contributed by atoms with van der Waals surface area (Å²) in [6.07, 6.45) is 21.5. The predicted molar refractivity (Wildman–Crippen MR) is 131 cm³/mol. The number of unbranched alkanes of at least 4 members (excludes halogenated alkanes) is 2. The molecule has 0 radical (unpaired) electrons. The van der Waals surface area contributed by atoms with Crippen LogP contribution in [0.3, 0.4) is 0 Å². The molecule has 0 spiro atoms. The van der Waals surface area contributed by atoms with Gasteiger partial charge < -0.3 is 0 Å². The van der Waals surface area contributed by atoms with Crippen molar-refractivity contribution in [3.63, 3.8) is 0 Å². The van der Waals surface area contributed by atoms with Gasteiger partial charge in [-0.2, -0.15) is 0 Å². The first-order valence-corrected chi connectivity index (χ1v) is 12.9. The molecule has 0 saturated carbocycles. The Kier molecular flexibility index (Phi) is 17.4. The molecule has 0 aromatic rings. The molecule has 0 aliphatic carbocycles. The highest BCUT2D eigenvalue weighted by atomic mass is 14.2. The molecule has 0 heteroatoms. The van der Waals surface area contributed by atoms with E-state index < -0.39 is 0 Å². The molecular weight excluding hydrogens is 336 g/mol. The topological polar surface area (TPSA) is 0 Å². The van der Waals surface area contributed by atoms with E-state index >= 15 is 0 Å². The molecule has 168 valence electrons. The fourth-order valence-electron chi connectivity index (χ4n) is 5.28. The average Bonchev–Trinajstić information content (AvgIpc) is 2.59. The molecule has 0 N–H and O–H groups in total. The molecule has 0 aromatic carbocycles. The Bertz CT molecular complexity index is 355. The third kappa shape index (κ3) is 16.7. The third-order valence-electron chi connectivity index (χ3n) is 6.55. The zero-order valence-corrected chi connectivity index (χ0v) is 21.1. The number of hydrogen-bond acceptors (Lipinski definition) is 0. The normalized spacial score (nSPS) is 18.7. The zero-order chi connectivity index (χ0) is 21.4. The molecule has 0 heterocycles. The van der Waals surface area contributed by atoms with Gasteiger partial charge in [0.15, 0.2) is 0 Å². The van der Waals surface area contributed by atoms with Crippen molar-refractivity contribution in [2.75, 3.05) is 0 Å². The highest BCUT2D eigenvalue weighted by Gasteiger charge is 2.14. The molecule has 0 fully saturated rings. The quantitative estimate of drug-likeness (QED) is 0.161. The van der Waals surface area contributed by atoms with Crippen LogP contribution in [0.2, 0.25) is 0 Å². The van der Waals surface area contributed by atoms with Gasteiger partial charge in [-0.3, -0.25) is 0 Å². The van der Waals surface area contributed by atoms with Gasteiger partial charge >= 0.3 is 0 Å². The molecule has 1 unspecified atom stereocenters. The summed E-state index contributed by atoms with van der Waals surface area (Å²) >= 11 is 0. The lowest BCUT2D eigenvalue weighted by Crippen LogP contribution is -2.09. The molecule has 0 bridgehead atoms. The van der Waals surface area contributed by atoms with Gasteiger partial charge in [0.1, 0.15) is 0 Å². The summed E-state index contributed by atoms with van der Waals surface area (Å²) in [4.78, 5) is 0. The van der Waals surface area contributed by atoms with Crippen LogP contribution in [0, 0.1) is 35.5 Å². The molecule has 28 heavy (non-hydrogen) atoms. The predicted octanol–water partition coefficient (Wildman–Crippen LogP) is 10.1. The van der Waals surface area contributed by atoms with Crippen molar-refractivity contribution in [1.29, 1.82) is 0 Å². The van der Waals surface area contributed by atoms with E-state index in [-0.39, 0.29) is 0 Å². The summed E-state index contributed by atoms with van der Waals surface area (Å²) < 4.78 is 0. The van der Waals surface area contributed by atoms with E-state index in [1.54, 1.807) is 0 Å². The Morgan fingerprint density at radius 2 is 1.04 bits per heavy atom. The molecule has 0 rings (SSSR count). The summed E-state index contributed by atoms with van der Waals surface area (Å²) in [7, 11) is 0. The number of rotatable bonds is 18. The maximum atomic E-state index is 2.50. The van der Waals surface area contributed by atoms with E-state index in [1.807, 2.05) is 0 Å². The second-order valence-corrected chi connectivity index (χ2v) is 10.7. The molecule has 0 amide bonds. The van der Waals surface area contributed by atoms with E-state index in [0.29, 0.717) is 0 Å². The van der Waals surface area contributed by atoms with Crippen molar-refractivity contribution in [2.45, 2.75) is 132 Å². The van der Waals surface area contributed by atoms with Crippen molar-refractivity contribution in [3.8, 4) is 0 Å². The van der Waals surface area contributed by atoms with Crippen LogP contribution in [0.25, 0.3) is 0 Å². The second-order valence-electron chi connectivity index (χ2n) is 10.7. The standard InChI is InChI=1S/C28H56/c1-9-11-16-24(4)19-25(5)17-13-12-14-18-26(6)21-28(8)22-27(7)20-23(3)15-10-2/h14,18,23-28H,9-13,15-17,19-22H2,1-8H3/b18-14+/t23-,24+,25-,26?,27-,28+/m1/s1. The van der Waals surface area contributed by atoms with Gasteiger partial charge in [-0.25, -0.2) is 0 Å². The molecule has 0 aromatic heterocycles. The summed E-state index contributed by atoms with van der Waals surface area (Å²) in [6, 6.07) is 0. The zero-order valence-electron chi connectivity index (χ0n) is 21.1. The molecular formula is C28H56. The van der Waals surface area contributed by atoms with Crippen molar-refractivity contribution >= 4 is 0 Å². The third-order valence-corrected chi connectivity index (χ3v) is 6.55. The molecule has 0 saturated heterocycles. The smallest absolute Gasteiger partial charge is 0.0259 e. The van der Waals surface area contributed by atoms with E-state index in [1.165, 1.54) is 77.0 Å². The Morgan fingerprint density at radius 1 is 0.536 bits per heavy atom. The Hall–Kier alpha value is -0.260. The number of allylic oxidation sites excluding steroid dienone is 2. The van der Waals surface area contributed by atoms with Crippen molar-refractivity contribution in [3.05, 3.63) is 12.2 Å². The number of hydrogen-bond donors (Lipinski definition) is 0. The van der Waals surface area contributed by atoms with Gasteiger partial charge in [0.2, 0.25) is 0 Å². The van der Waals surface area contributed by atoms with Gasteiger partial charge in [0, 0.05) is 0 Å². The Balaban J connectivity index is 3.88. The molecule has 6 atom stereocenters. The van der Waals surface area contributed by atoms with Crippen LogP contribution in [-0.2, 0) is 0 Å². The first-order chi connectivity index (χ1) is 13.3. The fourth-order valence-corrected chi connectivity index (χ4v) is 5.28. The van der Waals surface area contributed by atoms with Crippen molar-refractivity contribution < 1.29 is 0 Å². The van der Waals surface area contributed by atoms with Crippen LogP contribution in [0.4, 0.5) is 0 Å². The van der Waals surface area contributed by atoms with E-state index in [9.17, 15) is 0 Å². The van der Waals surface area contributed by atoms with Crippen LogP contribution >= 0.6 is 0 Å².